The second kappa shape index (κ2) is 8.51. The van der Waals surface area contributed by atoms with Gasteiger partial charge >= 0.3 is 0 Å². The van der Waals surface area contributed by atoms with Crippen LogP contribution in [0.25, 0.3) is 11.3 Å². The van der Waals surface area contributed by atoms with E-state index >= 15 is 0 Å². The number of nitro groups is 1. The molecular formula is C25H20FN3O2S. The van der Waals surface area contributed by atoms with Gasteiger partial charge in [0.1, 0.15) is 11.5 Å². The molecule has 0 aliphatic heterocycles. The van der Waals surface area contributed by atoms with Crippen LogP contribution in [0.5, 0.6) is 0 Å². The van der Waals surface area contributed by atoms with Crippen molar-refractivity contribution in [3.05, 3.63) is 110 Å². The van der Waals surface area contributed by atoms with Crippen molar-refractivity contribution in [3.63, 3.8) is 0 Å². The summed E-state index contributed by atoms with van der Waals surface area (Å²) >= 11 is 1.44. The van der Waals surface area contributed by atoms with Crippen LogP contribution in [0.4, 0.5) is 15.8 Å². The van der Waals surface area contributed by atoms with E-state index in [9.17, 15) is 14.5 Å². The van der Waals surface area contributed by atoms with Gasteiger partial charge in [0.2, 0.25) is 0 Å². The zero-order valence-corrected chi connectivity index (χ0v) is 18.0. The van der Waals surface area contributed by atoms with E-state index in [4.69, 9.17) is 4.99 Å². The van der Waals surface area contributed by atoms with Crippen LogP contribution < -0.4 is 4.80 Å². The zero-order valence-electron chi connectivity index (χ0n) is 17.1. The fourth-order valence-corrected chi connectivity index (χ4v) is 5.30. The van der Waals surface area contributed by atoms with Crippen LogP contribution in [-0.2, 0) is 6.42 Å². The highest BCUT2D eigenvalue weighted by Crippen LogP contribution is 2.36. The molecule has 1 unspecified atom stereocenters. The van der Waals surface area contributed by atoms with Gasteiger partial charge in [0.25, 0.3) is 5.69 Å². The van der Waals surface area contributed by atoms with Crippen LogP contribution in [-0.4, -0.2) is 9.49 Å². The molecule has 0 saturated heterocycles. The van der Waals surface area contributed by atoms with E-state index < -0.39 is 4.92 Å². The third-order valence-electron chi connectivity index (χ3n) is 5.83. The van der Waals surface area contributed by atoms with Crippen molar-refractivity contribution < 1.29 is 9.31 Å². The third-order valence-corrected chi connectivity index (χ3v) is 6.67. The number of fused-ring (bicyclic) bond motifs is 1. The first kappa shape index (κ1) is 20.3. The largest absolute Gasteiger partial charge is 0.309 e. The Bertz CT molecular complexity index is 1360. The topological polar surface area (TPSA) is 60.4 Å². The number of aryl methyl sites for hydroxylation is 1. The molecule has 0 fully saturated rings. The van der Waals surface area contributed by atoms with Gasteiger partial charge < -0.3 is 4.57 Å². The van der Waals surface area contributed by atoms with Crippen LogP contribution in [0.2, 0.25) is 0 Å². The first-order valence-corrected chi connectivity index (χ1v) is 11.3. The lowest BCUT2D eigenvalue weighted by atomic mass is 9.87. The number of nitro benzene ring substituents is 1. The molecule has 1 aliphatic carbocycles. The Labute approximate surface area is 188 Å². The summed E-state index contributed by atoms with van der Waals surface area (Å²) in [6.45, 7) is 0. The number of para-hydroxylation sites is 2. The number of halogens is 1. The minimum Gasteiger partial charge on any atom is -0.309 e. The van der Waals surface area contributed by atoms with E-state index in [1.807, 2.05) is 11.4 Å². The average Bonchev–Trinajstić information content (AvgIpc) is 3.22. The van der Waals surface area contributed by atoms with Gasteiger partial charge in [-0.05, 0) is 66.3 Å². The maximum atomic E-state index is 13.6. The Hall–Kier alpha value is -3.58. The molecule has 160 valence electrons. The van der Waals surface area contributed by atoms with Gasteiger partial charge in [-0.1, -0.05) is 36.4 Å². The lowest BCUT2D eigenvalue weighted by Crippen LogP contribution is -2.26. The van der Waals surface area contributed by atoms with Crippen molar-refractivity contribution in [3.8, 4) is 11.3 Å². The summed E-state index contributed by atoms with van der Waals surface area (Å²) in [7, 11) is 0. The molecular weight excluding hydrogens is 425 g/mol. The van der Waals surface area contributed by atoms with E-state index in [1.54, 1.807) is 30.3 Å². The summed E-state index contributed by atoms with van der Waals surface area (Å²) in [5.74, 6) is -0.289. The van der Waals surface area contributed by atoms with Crippen LogP contribution >= 0.6 is 11.3 Å². The standard InChI is InChI=1S/C25H20FN3O2S/c26-19-14-12-18(13-15-19)24-16-32-25(27-21-9-3-4-10-23(21)29(30)31)28(24)22-11-5-7-17-6-1-2-8-20(17)22/h1-4,6,8-10,12-16,22H,5,7,11H2. The summed E-state index contributed by atoms with van der Waals surface area (Å²) in [4.78, 5) is 16.5. The minimum atomic E-state index is -0.409. The second-order valence-corrected chi connectivity index (χ2v) is 8.58. The third kappa shape index (κ3) is 3.76. The molecule has 5 nitrogen and oxygen atoms in total. The van der Waals surface area contributed by atoms with Crippen molar-refractivity contribution in [2.24, 2.45) is 4.99 Å². The smallest absolute Gasteiger partial charge is 0.294 e. The lowest BCUT2D eigenvalue weighted by Gasteiger charge is -2.28. The van der Waals surface area contributed by atoms with E-state index in [0.29, 0.717) is 10.5 Å². The van der Waals surface area contributed by atoms with E-state index in [2.05, 4.69) is 22.8 Å². The highest BCUT2D eigenvalue weighted by atomic mass is 32.1. The zero-order chi connectivity index (χ0) is 22.1. The van der Waals surface area contributed by atoms with Crippen LogP contribution in [0.3, 0.4) is 0 Å². The fraction of sp³-hybridized carbons (Fsp3) is 0.160. The molecule has 0 saturated carbocycles. The summed E-state index contributed by atoms with van der Waals surface area (Å²) in [5.41, 5.74) is 4.65. The van der Waals surface area contributed by atoms with Crippen molar-refractivity contribution in [1.82, 2.24) is 4.57 Å². The highest BCUT2D eigenvalue weighted by Gasteiger charge is 2.25. The van der Waals surface area contributed by atoms with E-state index in [-0.39, 0.29) is 17.5 Å². The van der Waals surface area contributed by atoms with Gasteiger partial charge in [-0.25, -0.2) is 9.38 Å². The van der Waals surface area contributed by atoms with Gasteiger partial charge in [0.05, 0.1) is 16.7 Å². The number of thiazole rings is 1. The minimum absolute atomic E-state index is 0.0279. The molecule has 5 rings (SSSR count). The second-order valence-electron chi connectivity index (χ2n) is 7.74. The molecule has 1 aromatic heterocycles. The molecule has 4 aromatic rings. The number of benzene rings is 3. The van der Waals surface area contributed by atoms with E-state index in [0.717, 1.165) is 30.5 Å². The normalized spacial score (nSPS) is 16.0. The Kier molecular flexibility index (Phi) is 5.41. The predicted octanol–water partition coefficient (Wildman–Crippen LogP) is 6.42. The van der Waals surface area contributed by atoms with Crippen LogP contribution in [0.1, 0.15) is 30.0 Å². The summed E-state index contributed by atoms with van der Waals surface area (Å²) in [6.07, 6.45) is 3.00. The molecule has 7 heteroatoms. The summed E-state index contributed by atoms with van der Waals surface area (Å²) < 4.78 is 15.7. The number of hydrogen-bond acceptors (Lipinski definition) is 4. The molecule has 0 amide bonds. The monoisotopic (exact) mass is 445 g/mol. The van der Waals surface area contributed by atoms with Crippen molar-refractivity contribution >= 4 is 22.7 Å². The Balaban J connectivity index is 1.75. The Morgan fingerprint density at radius 1 is 1.03 bits per heavy atom. The van der Waals surface area contributed by atoms with Gasteiger partial charge in [0.15, 0.2) is 4.80 Å². The molecule has 0 spiro atoms. The fourth-order valence-electron chi connectivity index (χ4n) is 4.35. The SMILES string of the molecule is O=[N+]([O-])c1ccccc1N=c1scc(-c2ccc(F)cc2)n1C1CCCc2ccccc21. The number of aromatic nitrogens is 1. The molecule has 3 aromatic carbocycles. The molecule has 0 N–H and O–H groups in total. The predicted molar refractivity (Wildman–Crippen MR) is 124 cm³/mol. The number of hydrogen-bond donors (Lipinski definition) is 0. The molecule has 0 radical (unpaired) electrons. The van der Waals surface area contributed by atoms with Crippen molar-refractivity contribution in [2.75, 3.05) is 0 Å². The van der Waals surface area contributed by atoms with Gasteiger partial charge in [-0.3, -0.25) is 10.1 Å². The molecule has 32 heavy (non-hydrogen) atoms. The summed E-state index contributed by atoms with van der Waals surface area (Å²) in [6, 6.07) is 21.4. The van der Waals surface area contributed by atoms with E-state index in [1.165, 1.54) is 40.7 Å². The Morgan fingerprint density at radius 3 is 2.59 bits per heavy atom. The van der Waals surface area contributed by atoms with Crippen LogP contribution in [0.15, 0.2) is 83.2 Å². The highest BCUT2D eigenvalue weighted by molar-refractivity contribution is 7.07. The van der Waals surface area contributed by atoms with Gasteiger partial charge in [-0.2, -0.15) is 0 Å². The van der Waals surface area contributed by atoms with Crippen LogP contribution in [0, 0.1) is 15.9 Å². The molecule has 1 aliphatic rings. The van der Waals surface area contributed by atoms with Gasteiger partial charge in [-0.15, -0.1) is 11.3 Å². The number of rotatable bonds is 4. The molecule has 0 bridgehead atoms. The average molecular weight is 446 g/mol. The quantitative estimate of drug-likeness (QED) is 0.269. The molecule has 1 atom stereocenters. The Morgan fingerprint density at radius 2 is 1.78 bits per heavy atom. The summed E-state index contributed by atoms with van der Waals surface area (Å²) in [5, 5.41) is 13.5. The number of nitrogens with zero attached hydrogens (tertiary/aromatic N) is 3. The lowest BCUT2D eigenvalue weighted by molar-refractivity contribution is -0.384. The van der Waals surface area contributed by atoms with Crippen molar-refractivity contribution in [2.45, 2.75) is 25.3 Å². The first-order chi connectivity index (χ1) is 15.6. The maximum absolute atomic E-state index is 13.6. The first-order valence-electron chi connectivity index (χ1n) is 10.4. The molecule has 1 heterocycles. The van der Waals surface area contributed by atoms with Gasteiger partial charge in [0, 0.05) is 11.4 Å². The van der Waals surface area contributed by atoms with Crippen molar-refractivity contribution in [1.29, 1.82) is 0 Å². The maximum Gasteiger partial charge on any atom is 0.294 e.